The second-order valence-electron chi connectivity index (χ2n) is 8.55. The fourth-order valence-electron chi connectivity index (χ4n) is 4.43. The van der Waals surface area contributed by atoms with Gasteiger partial charge in [-0.3, -0.25) is 9.59 Å². The molecule has 0 bridgehead atoms. The molecule has 1 N–H and O–H groups in total. The molecule has 3 aromatic rings. The smallest absolute Gasteiger partial charge is 0.337 e. The summed E-state index contributed by atoms with van der Waals surface area (Å²) in [5, 5.41) is 11.2. The number of aliphatic hydroxyl groups is 1. The molecule has 38 heavy (non-hydrogen) atoms. The fourth-order valence-corrected chi connectivity index (χ4v) is 4.69. The molecule has 1 aliphatic heterocycles. The zero-order valence-electron chi connectivity index (χ0n) is 21.1. The first kappa shape index (κ1) is 26.9. The van der Waals surface area contributed by atoms with Crippen molar-refractivity contribution in [2.75, 3.05) is 27.9 Å². The first-order valence-electron chi connectivity index (χ1n) is 11.7. The summed E-state index contributed by atoms with van der Waals surface area (Å²) in [4.78, 5) is 39.9. The van der Waals surface area contributed by atoms with Gasteiger partial charge in [-0.2, -0.15) is 0 Å². The number of rotatable bonds is 8. The lowest BCUT2D eigenvalue weighted by Crippen LogP contribution is -2.31. The van der Waals surface area contributed by atoms with Gasteiger partial charge in [0.05, 0.1) is 38.5 Å². The monoisotopic (exact) mass is 579 g/mol. The van der Waals surface area contributed by atoms with Gasteiger partial charge in [-0.15, -0.1) is 0 Å². The van der Waals surface area contributed by atoms with Crippen LogP contribution in [0.3, 0.4) is 0 Å². The number of likely N-dealkylation sites (tertiary alicyclic amines) is 1. The van der Waals surface area contributed by atoms with Gasteiger partial charge in [0.15, 0.2) is 11.5 Å². The van der Waals surface area contributed by atoms with Gasteiger partial charge in [-0.25, -0.2) is 4.79 Å². The van der Waals surface area contributed by atoms with Crippen LogP contribution in [0, 0.1) is 0 Å². The van der Waals surface area contributed by atoms with E-state index in [-0.39, 0.29) is 17.9 Å². The predicted molar refractivity (Wildman–Crippen MR) is 144 cm³/mol. The quantitative estimate of drug-likeness (QED) is 0.175. The number of methoxy groups -OCH3 is 3. The molecular weight excluding hydrogens is 554 g/mol. The maximum atomic E-state index is 13.3. The number of Topliss-reactive ketones (excluding diaryl/α,β-unsaturated/α-hetero) is 1. The number of carbonyl (C=O) groups is 3. The number of hydrogen-bond donors (Lipinski definition) is 1. The number of ketones is 1. The number of amides is 1. The van der Waals surface area contributed by atoms with Crippen LogP contribution in [0.15, 0.2) is 76.8 Å². The van der Waals surface area contributed by atoms with E-state index >= 15 is 0 Å². The number of nitrogens with zero attached hydrogens (tertiary/aromatic N) is 1. The highest BCUT2D eigenvalue weighted by atomic mass is 79.9. The summed E-state index contributed by atoms with van der Waals surface area (Å²) in [6, 6.07) is 17.8. The zero-order chi connectivity index (χ0) is 27.4. The summed E-state index contributed by atoms with van der Waals surface area (Å²) in [7, 11) is 4.38. The molecule has 0 saturated carbocycles. The minimum atomic E-state index is -0.856. The summed E-state index contributed by atoms with van der Waals surface area (Å²) in [6.45, 7) is 0.195. The number of ether oxygens (including phenoxy) is 3. The number of benzene rings is 3. The van der Waals surface area contributed by atoms with Gasteiger partial charge >= 0.3 is 5.97 Å². The SMILES string of the molecule is COC(=O)c1ccc(C2C(=C(O)c3ccc(Br)cc3)C(=O)C(=O)N2CCc2ccc(OC)c(OC)c2)cc1. The van der Waals surface area contributed by atoms with E-state index in [1.54, 1.807) is 68.8 Å². The number of aliphatic hydroxyl groups excluding tert-OH is 1. The van der Waals surface area contributed by atoms with Crippen LogP contribution in [0.25, 0.3) is 5.76 Å². The van der Waals surface area contributed by atoms with Crippen LogP contribution in [0.5, 0.6) is 11.5 Å². The summed E-state index contributed by atoms with van der Waals surface area (Å²) >= 11 is 3.36. The van der Waals surface area contributed by atoms with Gasteiger partial charge in [0, 0.05) is 16.6 Å². The Balaban J connectivity index is 1.75. The van der Waals surface area contributed by atoms with Crippen LogP contribution in [0.4, 0.5) is 0 Å². The normalized spacial score (nSPS) is 16.4. The van der Waals surface area contributed by atoms with Crippen molar-refractivity contribution in [3.8, 4) is 11.5 Å². The topological polar surface area (TPSA) is 102 Å². The van der Waals surface area contributed by atoms with E-state index in [9.17, 15) is 19.5 Å². The zero-order valence-corrected chi connectivity index (χ0v) is 22.7. The predicted octanol–water partition coefficient (Wildman–Crippen LogP) is 4.92. The van der Waals surface area contributed by atoms with Crippen molar-refractivity contribution in [1.82, 2.24) is 4.90 Å². The minimum absolute atomic E-state index is 0.0181. The van der Waals surface area contributed by atoms with E-state index in [0.29, 0.717) is 34.6 Å². The number of carbonyl (C=O) groups excluding carboxylic acids is 3. The maximum Gasteiger partial charge on any atom is 0.337 e. The third-order valence-corrected chi connectivity index (χ3v) is 6.92. The van der Waals surface area contributed by atoms with Crippen molar-refractivity contribution in [3.05, 3.63) is 99.0 Å². The van der Waals surface area contributed by atoms with Crippen molar-refractivity contribution < 1.29 is 33.7 Å². The Labute approximate surface area is 228 Å². The third kappa shape index (κ3) is 5.28. The average molecular weight is 580 g/mol. The van der Waals surface area contributed by atoms with E-state index in [1.165, 1.54) is 12.0 Å². The molecule has 1 aliphatic rings. The summed E-state index contributed by atoms with van der Waals surface area (Å²) < 4.78 is 16.3. The standard InChI is InChI=1S/C29H26BrNO7/c1-36-22-13-4-17(16-23(22)37-2)14-15-31-25(18-5-7-20(8-6-18)29(35)38-3)24(27(33)28(31)34)26(32)19-9-11-21(30)12-10-19/h4-13,16,25,32H,14-15H2,1-3H3. The van der Waals surface area contributed by atoms with Gasteiger partial charge in [0.2, 0.25) is 0 Å². The molecule has 0 aliphatic carbocycles. The van der Waals surface area contributed by atoms with Crippen LogP contribution in [-0.2, 0) is 20.7 Å². The van der Waals surface area contributed by atoms with Crippen molar-refractivity contribution >= 4 is 39.3 Å². The highest BCUT2D eigenvalue weighted by molar-refractivity contribution is 9.10. The van der Waals surface area contributed by atoms with Gasteiger partial charge in [0.1, 0.15) is 5.76 Å². The summed E-state index contributed by atoms with van der Waals surface area (Å²) in [6.07, 6.45) is 0.419. The Bertz CT molecular complexity index is 1400. The van der Waals surface area contributed by atoms with Crippen molar-refractivity contribution in [2.45, 2.75) is 12.5 Å². The number of esters is 1. The molecule has 4 rings (SSSR count). The second-order valence-corrected chi connectivity index (χ2v) is 9.47. The Kier molecular flexibility index (Phi) is 8.16. The van der Waals surface area contributed by atoms with Crippen LogP contribution < -0.4 is 9.47 Å². The molecule has 0 aromatic heterocycles. The number of halogens is 1. The van der Waals surface area contributed by atoms with Crippen molar-refractivity contribution in [3.63, 3.8) is 0 Å². The second kappa shape index (κ2) is 11.5. The Hall–Kier alpha value is -4.11. The van der Waals surface area contributed by atoms with Gasteiger partial charge in [0.25, 0.3) is 11.7 Å². The molecule has 1 atom stereocenters. The van der Waals surface area contributed by atoms with Gasteiger partial charge < -0.3 is 24.2 Å². The molecule has 0 radical (unpaired) electrons. The first-order chi connectivity index (χ1) is 18.3. The average Bonchev–Trinajstić information content (AvgIpc) is 3.20. The van der Waals surface area contributed by atoms with Crippen molar-refractivity contribution in [1.29, 1.82) is 0 Å². The van der Waals surface area contributed by atoms with Crippen LogP contribution >= 0.6 is 15.9 Å². The summed E-state index contributed by atoms with van der Waals surface area (Å²) in [5.74, 6) is -1.14. The van der Waals surface area contributed by atoms with Crippen LogP contribution in [0.1, 0.15) is 33.1 Å². The lowest BCUT2D eigenvalue weighted by Gasteiger charge is -2.25. The Morgan fingerprint density at radius 2 is 1.53 bits per heavy atom. The summed E-state index contributed by atoms with van der Waals surface area (Å²) in [5.41, 5.74) is 2.16. The minimum Gasteiger partial charge on any atom is -0.507 e. The fraction of sp³-hybridized carbons (Fsp3) is 0.207. The van der Waals surface area contributed by atoms with E-state index in [1.807, 2.05) is 12.1 Å². The van der Waals surface area contributed by atoms with E-state index in [2.05, 4.69) is 15.9 Å². The molecule has 1 heterocycles. The molecule has 196 valence electrons. The largest absolute Gasteiger partial charge is 0.507 e. The van der Waals surface area contributed by atoms with E-state index < -0.39 is 23.7 Å². The molecule has 1 saturated heterocycles. The van der Waals surface area contributed by atoms with Crippen molar-refractivity contribution in [2.24, 2.45) is 0 Å². The Morgan fingerprint density at radius 3 is 2.13 bits per heavy atom. The van der Waals surface area contributed by atoms with Gasteiger partial charge in [-0.05, 0) is 53.9 Å². The Morgan fingerprint density at radius 1 is 0.895 bits per heavy atom. The highest BCUT2D eigenvalue weighted by Gasteiger charge is 2.45. The molecular formula is C29H26BrNO7. The highest BCUT2D eigenvalue weighted by Crippen LogP contribution is 2.40. The van der Waals surface area contributed by atoms with Crippen LogP contribution in [0.2, 0.25) is 0 Å². The number of hydrogen-bond acceptors (Lipinski definition) is 7. The molecule has 1 fully saturated rings. The van der Waals surface area contributed by atoms with E-state index in [4.69, 9.17) is 14.2 Å². The van der Waals surface area contributed by atoms with Crippen LogP contribution in [-0.4, -0.2) is 55.5 Å². The molecule has 1 amide bonds. The first-order valence-corrected chi connectivity index (χ1v) is 12.5. The van der Waals surface area contributed by atoms with Gasteiger partial charge in [-0.1, -0.05) is 46.3 Å². The molecule has 1 unspecified atom stereocenters. The molecule has 9 heteroatoms. The van der Waals surface area contributed by atoms with E-state index in [0.717, 1.165) is 10.0 Å². The lowest BCUT2D eigenvalue weighted by atomic mass is 9.94. The molecule has 8 nitrogen and oxygen atoms in total. The maximum absolute atomic E-state index is 13.3. The lowest BCUT2D eigenvalue weighted by molar-refractivity contribution is -0.139. The molecule has 0 spiro atoms. The molecule has 3 aromatic carbocycles. The third-order valence-electron chi connectivity index (χ3n) is 6.39.